The molecule has 1 aromatic heterocycles. The van der Waals surface area contributed by atoms with Crippen molar-refractivity contribution in [1.29, 1.82) is 0 Å². The fourth-order valence-electron chi connectivity index (χ4n) is 4.41. The van der Waals surface area contributed by atoms with Crippen molar-refractivity contribution in [3.63, 3.8) is 0 Å². The van der Waals surface area contributed by atoms with Crippen LogP contribution in [0.1, 0.15) is 50.1 Å². The molecule has 2 fully saturated rings. The molecule has 4 rings (SSSR count). The lowest BCUT2D eigenvalue weighted by Crippen LogP contribution is -2.49. The van der Waals surface area contributed by atoms with E-state index in [4.69, 9.17) is 10.3 Å². The van der Waals surface area contributed by atoms with Gasteiger partial charge in [0.05, 0.1) is 6.04 Å². The fraction of sp³-hybridized carbons (Fsp3) is 0.591. The van der Waals surface area contributed by atoms with E-state index in [9.17, 15) is 4.79 Å². The summed E-state index contributed by atoms with van der Waals surface area (Å²) in [5.41, 5.74) is 8.29. The number of aryl methyl sites for hydroxylation is 1. The number of hydrogen-bond donors (Lipinski definition) is 1. The van der Waals surface area contributed by atoms with E-state index in [-0.39, 0.29) is 42.8 Å². The van der Waals surface area contributed by atoms with Crippen LogP contribution < -0.4 is 5.73 Å². The average Bonchev–Trinajstić information content (AvgIpc) is 3.38. The highest BCUT2D eigenvalue weighted by Crippen LogP contribution is 2.28. The Hall–Kier alpha value is -1.67. The standard InChI is InChI=1S/C22H31N5O2.2ClH/c1-15-6-8-17(9-7-15)21-24-22(29-25-21)16(2)26-10-12-27(13-11-26)20(28)14-18-4-3-5-19(18)23;;/h6-9,16,18-19H,3-5,10-14,23H2,1-2H3;2*1H/t16?,18-,19+;;/m0../s1. The molecular weight excluding hydrogens is 437 g/mol. The predicted octanol–water partition coefficient (Wildman–Crippen LogP) is 3.61. The van der Waals surface area contributed by atoms with Gasteiger partial charge in [0.25, 0.3) is 0 Å². The molecule has 1 saturated heterocycles. The topological polar surface area (TPSA) is 88.5 Å². The zero-order valence-electron chi connectivity index (χ0n) is 18.2. The Kier molecular flexibility index (Phi) is 9.30. The molecule has 1 amide bonds. The van der Waals surface area contributed by atoms with Crippen molar-refractivity contribution in [3.05, 3.63) is 35.7 Å². The van der Waals surface area contributed by atoms with Gasteiger partial charge in [-0.1, -0.05) is 41.4 Å². The minimum Gasteiger partial charge on any atom is -0.340 e. The van der Waals surface area contributed by atoms with Crippen LogP contribution in [-0.4, -0.2) is 58.1 Å². The summed E-state index contributed by atoms with van der Waals surface area (Å²) in [4.78, 5) is 21.5. The minimum absolute atomic E-state index is 0. The second-order valence-electron chi connectivity index (χ2n) is 8.47. The van der Waals surface area contributed by atoms with Gasteiger partial charge in [-0.3, -0.25) is 9.69 Å². The second-order valence-corrected chi connectivity index (χ2v) is 8.47. The second kappa shape index (κ2) is 11.3. The maximum Gasteiger partial charge on any atom is 0.244 e. The number of piperazine rings is 1. The summed E-state index contributed by atoms with van der Waals surface area (Å²) in [5, 5.41) is 4.15. The summed E-state index contributed by atoms with van der Waals surface area (Å²) in [6.07, 6.45) is 3.89. The summed E-state index contributed by atoms with van der Waals surface area (Å²) in [5.74, 6) is 1.85. The summed E-state index contributed by atoms with van der Waals surface area (Å²) >= 11 is 0. The smallest absolute Gasteiger partial charge is 0.244 e. The van der Waals surface area contributed by atoms with Crippen LogP contribution in [0.2, 0.25) is 0 Å². The molecule has 3 atom stereocenters. The van der Waals surface area contributed by atoms with Crippen molar-refractivity contribution >= 4 is 30.7 Å². The van der Waals surface area contributed by atoms with Crippen molar-refractivity contribution < 1.29 is 9.32 Å². The van der Waals surface area contributed by atoms with Gasteiger partial charge in [0.1, 0.15) is 0 Å². The molecule has 9 heteroatoms. The molecular formula is C22H33Cl2N5O2. The van der Waals surface area contributed by atoms with Crippen molar-refractivity contribution in [2.24, 2.45) is 11.7 Å². The first-order valence-corrected chi connectivity index (χ1v) is 10.7. The van der Waals surface area contributed by atoms with E-state index in [0.717, 1.165) is 51.0 Å². The van der Waals surface area contributed by atoms with Gasteiger partial charge in [0.2, 0.25) is 17.6 Å². The number of rotatable bonds is 5. The predicted molar refractivity (Wildman–Crippen MR) is 125 cm³/mol. The lowest BCUT2D eigenvalue weighted by atomic mass is 9.99. The first-order valence-electron chi connectivity index (χ1n) is 10.7. The maximum atomic E-state index is 12.6. The third kappa shape index (κ3) is 5.98. The van der Waals surface area contributed by atoms with Crippen LogP contribution in [0.4, 0.5) is 0 Å². The van der Waals surface area contributed by atoms with Gasteiger partial charge in [0.15, 0.2) is 0 Å². The molecule has 31 heavy (non-hydrogen) atoms. The molecule has 1 saturated carbocycles. The Morgan fingerprint density at radius 2 is 1.84 bits per heavy atom. The van der Waals surface area contributed by atoms with Gasteiger partial charge < -0.3 is 15.2 Å². The Labute approximate surface area is 196 Å². The molecule has 2 heterocycles. The summed E-state index contributed by atoms with van der Waals surface area (Å²) in [6, 6.07) is 8.33. The third-order valence-electron chi connectivity index (χ3n) is 6.48. The first kappa shape index (κ1) is 25.6. The number of nitrogens with zero attached hydrogens (tertiary/aromatic N) is 4. The number of hydrogen-bond acceptors (Lipinski definition) is 6. The molecule has 2 aliphatic rings. The van der Waals surface area contributed by atoms with Crippen LogP contribution in [0, 0.1) is 12.8 Å². The number of nitrogens with two attached hydrogens (primary N) is 1. The maximum absolute atomic E-state index is 12.6. The average molecular weight is 470 g/mol. The highest BCUT2D eigenvalue weighted by atomic mass is 35.5. The molecule has 172 valence electrons. The SMILES string of the molecule is Cc1ccc(-c2noc(C(C)N3CCN(C(=O)C[C@@H]4CCC[C@H]4N)CC3)n2)cc1.Cl.Cl. The van der Waals surface area contributed by atoms with Gasteiger partial charge in [-0.15, -0.1) is 24.8 Å². The molecule has 1 unspecified atom stereocenters. The number of amides is 1. The lowest BCUT2D eigenvalue weighted by Gasteiger charge is -2.37. The molecule has 0 bridgehead atoms. The Morgan fingerprint density at radius 1 is 1.16 bits per heavy atom. The van der Waals surface area contributed by atoms with Crippen LogP contribution in [0.25, 0.3) is 11.4 Å². The zero-order chi connectivity index (χ0) is 20.4. The molecule has 7 nitrogen and oxygen atoms in total. The quantitative estimate of drug-likeness (QED) is 0.718. The van der Waals surface area contributed by atoms with Crippen LogP contribution in [0.15, 0.2) is 28.8 Å². The van der Waals surface area contributed by atoms with E-state index in [1.165, 1.54) is 5.56 Å². The van der Waals surface area contributed by atoms with Crippen LogP contribution in [-0.2, 0) is 4.79 Å². The van der Waals surface area contributed by atoms with Crippen LogP contribution in [0.5, 0.6) is 0 Å². The van der Waals surface area contributed by atoms with E-state index in [0.29, 0.717) is 24.1 Å². The Balaban J connectivity index is 0.00000171. The number of halogens is 2. The van der Waals surface area contributed by atoms with Gasteiger partial charge >= 0.3 is 0 Å². The summed E-state index contributed by atoms with van der Waals surface area (Å²) in [6.45, 7) is 7.24. The fourth-order valence-corrected chi connectivity index (χ4v) is 4.41. The highest BCUT2D eigenvalue weighted by molar-refractivity contribution is 5.85. The highest BCUT2D eigenvalue weighted by Gasteiger charge is 2.31. The third-order valence-corrected chi connectivity index (χ3v) is 6.48. The molecule has 1 aliphatic heterocycles. The monoisotopic (exact) mass is 469 g/mol. The minimum atomic E-state index is 0. The van der Waals surface area contributed by atoms with Crippen LogP contribution >= 0.6 is 24.8 Å². The van der Waals surface area contributed by atoms with Crippen molar-refractivity contribution in [1.82, 2.24) is 19.9 Å². The van der Waals surface area contributed by atoms with Gasteiger partial charge in [0, 0.05) is 44.2 Å². The first-order chi connectivity index (χ1) is 14.0. The van der Waals surface area contributed by atoms with E-state index in [1.54, 1.807) is 0 Å². The van der Waals surface area contributed by atoms with Gasteiger partial charge in [-0.2, -0.15) is 4.98 Å². The Morgan fingerprint density at radius 3 is 2.45 bits per heavy atom. The van der Waals surface area contributed by atoms with Gasteiger partial charge in [-0.05, 0) is 32.6 Å². The van der Waals surface area contributed by atoms with Gasteiger partial charge in [-0.25, -0.2) is 0 Å². The molecule has 0 spiro atoms. The molecule has 0 radical (unpaired) electrons. The summed E-state index contributed by atoms with van der Waals surface area (Å²) < 4.78 is 5.54. The summed E-state index contributed by atoms with van der Waals surface area (Å²) in [7, 11) is 0. The molecule has 1 aromatic carbocycles. The normalized spacial score (nSPS) is 22.5. The number of carbonyl (C=O) groups is 1. The van der Waals surface area contributed by atoms with E-state index in [1.807, 2.05) is 29.2 Å². The molecule has 2 N–H and O–H groups in total. The number of benzene rings is 1. The molecule has 2 aromatic rings. The zero-order valence-corrected chi connectivity index (χ0v) is 19.8. The number of aromatic nitrogens is 2. The van der Waals surface area contributed by atoms with E-state index >= 15 is 0 Å². The Bertz CT molecular complexity index is 837. The lowest BCUT2D eigenvalue weighted by molar-refractivity contribution is -0.134. The van der Waals surface area contributed by atoms with E-state index < -0.39 is 0 Å². The van der Waals surface area contributed by atoms with Crippen molar-refractivity contribution in [2.45, 2.75) is 51.6 Å². The van der Waals surface area contributed by atoms with Crippen molar-refractivity contribution in [2.75, 3.05) is 26.2 Å². The van der Waals surface area contributed by atoms with Crippen LogP contribution in [0.3, 0.4) is 0 Å². The largest absolute Gasteiger partial charge is 0.340 e. The molecule has 1 aliphatic carbocycles. The number of carbonyl (C=O) groups excluding carboxylic acids is 1. The van der Waals surface area contributed by atoms with Crippen molar-refractivity contribution in [3.8, 4) is 11.4 Å². The van der Waals surface area contributed by atoms with E-state index in [2.05, 4.69) is 28.9 Å².